The second-order valence-corrected chi connectivity index (χ2v) is 6.35. The molecule has 2 rings (SSSR count). The molecule has 2 aromatic rings. The molecule has 1 N–H and O–H groups in total. The van der Waals surface area contributed by atoms with E-state index in [2.05, 4.69) is 40.3 Å². The lowest BCUT2D eigenvalue weighted by Gasteiger charge is -2.20. The molecule has 0 aromatic heterocycles. The summed E-state index contributed by atoms with van der Waals surface area (Å²) in [5.41, 5.74) is 2.32. The maximum Gasteiger partial charge on any atom is 0.0595 e. The van der Waals surface area contributed by atoms with Crippen LogP contribution in [0.3, 0.4) is 0 Å². The molecule has 0 aliphatic rings. The average Bonchev–Trinajstić information content (AvgIpc) is 2.43. The third-order valence-corrected chi connectivity index (χ3v) is 4.29. The zero-order chi connectivity index (χ0) is 14.5. The van der Waals surface area contributed by atoms with E-state index in [1.54, 1.807) is 0 Å². The fourth-order valence-corrected chi connectivity index (χ4v) is 2.82. The minimum Gasteiger partial charge on any atom is -0.306 e. The van der Waals surface area contributed by atoms with Crippen LogP contribution >= 0.6 is 39.1 Å². The van der Waals surface area contributed by atoms with Gasteiger partial charge in [-0.2, -0.15) is 0 Å². The molecule has 106 valence electrons. The average molecular weight is 373 g/mol. The smallest absolute Gasteiger partial charge is 0.0595 e. The van der Waals surface area contributed by atoms with Gasteiger partial charge in [0, 0.05) is 4.47 Å². The molecular weight excluding hydrogens is 357 g/mol. The Morgan fingerprint density at radius 3 is 2.45 bits per heavy atom. The Balaban J connectivity index is 2.38. The van der Waals surface area contributed by atoms with Crippen LogP contribution in [-0.2, 0) is 0 Å². The third-order valence-electron chi connectivity index (χ3n) is 3.06. The van der Waals surface area contributed by atoms with Gasteiger partial charge in [-0.1, -0.05) is 64.3 Å². The van der Waals surface area contributed by atoms with E-state index in [9.17, 15) is 0 Å². The van der Waals surface area contributed by atoms with Gasteiger partial charge in [0.1, 0.15) is 0 Å². The molecule has 0 fully saturated rings. The molecule has 0 amide bonds. The van der Waals surface area contributed by atoms with Crippen molar-refractivity contribution in [3.8, 4) is 0 Å². The maximum absolute atomic E-state index is 6.14. The molecule has 0 radical (unpaired) electrons. The fourth-order valence-electron chi connectivity index (χ4n) is 2.09. The van der Waals surface area contributed by atoms with E-state index < -0.39 is 0 Å². The van der Waals surface area contributed by atoms with Gasteiger partial charge in [-0.15, -0.1) is 0 Å². The summed E-state index contributed by atoms with van der Waals surface area (Å²) in [6, 6.07) is 14.2. The number of nitrogens with one attached hydrogen (secondary N) is 1. The SMILES string of the molecule is CCCNC(c1cccc(Br)c1)c1ccc(Cl)c(Cl)c1. The largest absolute Gasteiger partial charge is 0.306 e. The topological polar surface area (TPSA) is 12.0 Å². The maximum atomic E-state index is 6.14. The third kappa shape index (κ3) is 3.98. The summed E-state index contributed by atoms with van der Waals surface area (Å²) >= 11 is 15.7. The first-order valence-electron chi connectivity index (χ1n) is 6.55. The van der Waals surface area contributed by atoms with Crippen molar-refractivity contribution in [2.24, 2.45) is 0 Å². The summed E-state index contributed by atoms with van der Waals surface area (Å²) in [5.74, 6) is 0. The van der Waals surface area contributed by atoms with Crippen LogP contribution in [0.1, 0.15) is 30.5 Å². The van der Waals surface area contributed by atoms with Crippen molar-refractivity contribution >= 4 is 39.1 Å². The Hall–Kier alpha value is -0.540. The molecule has 0 heterocycles. The first-order chi connectivity index (χ1) is 9.61. The van der Waals surface area contributed by atoms with E-state index in [1.165, 1.54) is 5.56 Å². The van der Waals surface area contributed by atoms with Crippen molar-refractivity contribution in [3.63, 3.8) is 0 Å². The summed E-state index contributed by atoms with van der Waals surface area (Å²) in [6.45, 7) is 3.09. The first-order valence-corrected chi connectivity index (χ1v) is 8.10. The zero-order valence-corrected chi connectivity index (χ0v) is 14.3. The van der Waals surface area contributed by atoms with Gasteiger partial charge in [0.05, 0.1) is 16.1 Å². The summed E-state index contributed by atoms with van der Waals surface area (Å²) in [4.78, 5) is 0. The molecule has 1 nitrogen and oxygen atoms in total. The molecule has 20 heavy (non-hydrogen) atoms. The van der Waals surface area contributed by atoms with Crippen LogP contribution in [0.2, 0.25) is 10.0 Å². The standard InChI is InChI=1S/C16H16BrCl2N/c1-2-8-20-16(11-4-3-5-13(17)9-11)12-6-7-14(18)15(19)10-12/h3-7,9-10,16,20H,2,8H2,1H3. The zero-order valence-electron chi connectivity index (χ0n) is 11.2. The molecule has 2 aromatic carbocycles. The van der Waals surface area contributed by atoms with Gasteiger partial charge in [-0.05, 0) is 48.4 Å². The molecule has 0 aliphatic heterocycles. The second kappa shape index (κ2) is 7.46. The van der Waals surface area contributed by atoms with E-state index >= 15 is 0 Å². The lowest BCUT2D eigenvalue weighted by molar-refractivity contribution is 0.598. The van der Waals surface area contributed by atoms with E-state index in [0.29, 0.717) is 10.0 Å². The Morgan fingerprint density at radius 1 is 1.05 bits per heavy atom. The quantitative estimate of drug-likeness (QED) is 0.694. The molecule has 0 spiro atoms. The molecule has 1 unspecified atom stereocenters. The number of benzene rings is 2. The highest BCUT2D eigenvalue weighted by molar-refractivity contribution is 9.10. The van der Waals surface area contributed by atoms with Crippen LogP contribution in [0, 0.1) is 0 Å². The van der Waals surface area contributed by atoms with Gasteiger partial charge >= 0.3 is 0 Å². The summed E-state index contributed by atoms with van der Waals surface area (Å²) in [5, 5.41) is 4.72. The number of rotatable bonds is 5. The minimum atomic E-state index is 0.113. The molecular formula is C16H16BrCl2N. The predicted octanol–water partition coefficient (Wildman–Crippen LogP) is 5.84. The Kier molecular flexibility index (Phi) is 5.91. The molecule has 0 saturated heterocycles. The lowest BCUT2D eigenvalue weighted by atomic mass is 9.98. The van der Waals surface area contributed by atoms with E-state index in [4.69, 9.17) is 23.2 Å². The van der Waals surface area contributed by atoms with Gasteiger partial charge in [-0.25, -0.2) is 0 Å². The highest BCUT2D eigenvalue weighted by Crippen LogP contribution is 2.29. The normalized spacial score (nSPS) is 12.4. The van der Waals surface area contributed by atoms with E-state index in [-0.39, 0.29) is 6.04 Å². The van der Waals surface area contributed by atoms with Crippen molar-refractivity contribution in [3.05, 3.63) is 68.1 Å². The Morgan fingerprint density at radius 2 is 1.80 bits per heavy atom. The highest BCUT2D eigenvalue weighted by atomic mass is 79.9. The van der Waals surface area contributed by atoms with Gasteiger partial charge < -0.3 is 5.32 Å². The molecule has 1 atom stereocenters. The van der Waals surface area contributed by atoms with Crippen LogP contribution < -0.4 is 5.32 Å². The lowest BCUT2D eigenvalue weighted by Crippen LogP contribution is -2.23. The van der Waals surface area contributed by atoms with Crippen LogP contribution in [0.15, 0.2) is 46.9 Å². The van der Waals surface area contributed by atoms with Crippen molar-refractivity contribution in [1.29, 1.82) is 0 Å². The van der Waals surface area contributed by atoms with Gasteiger partial charge in [0.2, 0.25) is 0 Å². The first kappa shape index (κ1) is 15.8. The van der Waals surface area contributed by atoms with Crippen LogP contribution in [-0.4, -0.2) is 6.54 Å². The number of halogens is 3. The van der Waals surface area contributed by atoms with Crippen LogP contribution in [0.5, 0.6) is 0 Å². The van der Waals surface area contributed by atoms with E-state index in [1.807, 2.05) is 30.3 Å². The Bertz CT molecular complexity index is 586. The molecule has 0 bridgehead atoms. The van der Waals surface area contributed by atoms with E-state index in [0.717, 1.165) is 23.0 Å². The number of hydrogen-bond acceptors (Lipinski definition) is 1. The molecule has 0 aliphatic carbocycles. The summed E-state index contributed by atoms with van der Waals surface area (Å²) in [6.07, 6.45) is 1.08. The monoisotopic (exact) mass is 371 g/mol. The molecule has 0 saturated carbocycles. The Labute approximate surface area is 138 Å². The van der Waals surface area contributed by atoms with Crippen molar-refractivity contribution < 1.29 is 0 Å². The minimum absolute atomic E-state index is 0.113. The highest BCUT2D eigenvalue weighted by Gasteiger charge is 2.14. The number of hydrogen-bond donors (Lipinski definition) is 1. The molecule has 4 heteroatoms. The van der Waals surface area contributed by atoms with Gasteiger partial charge in [0.25, 0.3) is 0 Å². The second-order valence-electron chi connectivity index (χ2n) is 4.62. The predicted molar refractivity (Wildman–Crippen MR) is 90.7 cm³/mol. The van der Waals surface area contributed by atoms with Crippen molar-refractivity contribution in [1.82, 2.24) is 5.32 Å². The van der Waals surface area contributed by atoms with Gasteiger partial charge in [0.15, 0.2) is 0 Å². The van der Waals surface area contributed by atoms with Crippen LogP contribution in [0.4, 0.5) is 0 Å². The van der Waals surface area contributed by atoms with Crippen molar-refractivity contribution in [2.75, 3.05) is 6.54 Å². The summed E-state index contributed by atoms with van der Waals surface area (Å²) in [7, 11) is 0. The van der Waals surface area contributed by atoms with Crippen LogP contribution in [0.25, 0.3) is 0 Å². The summed E-state index contributed by atoms with van der Waals surface area (Å²) < 4.78 is 1.07. The van der Waals surface area contributed by atoms with Gasteiger partial charge in [-0.3, -0.25) is 0 Å². The fraction of sp³-hybridized carbons (Fsp3) is 0.250. The van der Waals surface area contributed by atoms with Crippen molar-refractivity contribution in [2.45, 2.75) is 19.4 Å².